The molecule has 1 amide bonds. The molecule has 3 aliphatic rings. The summed E-state index contributed by atoms with van der Waals surface area (Å²) in [7, 11) is 1.92. The Labute approximate surface area is 306 Å². The number of benzene rings is 2. The molecule has 0 saturated carbocycles. The minimum Gasteiger partial charge on any atom is -0.461 e. The number of nitriles is 1. The molecule has 12 heteroatoms. The third-order valence-electron chi connectivity index (χ3n) is 10.5. The maximum absolute atomic E-state index is 13.0. The van der Waals surface area contributed by atoms with Crippen molar-refractivity contribution in [2.24, 2.45) is 7.05 Å². The van der Waals surface area contributed by atoms with E-state index in [0.717, 1.165) is 77.6 Å². The number of carbonyl (C=O) groups is 1. The van der Waals surface area contributed by atoms with Crippen LogP contribution in [-0.2, 0) is 24.8 Å². The number of aryl methyl sites for hydroxylation is 1. The Morgan fingerprint density at radius 3 is 2.53 bits per heavy atom. The highest BCUT2D eigenvalue weighted by Gasteiger charge is 2.40. The largest absolute Gasteiger partial charge is 0.461 e. The number of fused-ring (bicyclic) bond motifs is 2. The van der Waals surface area contributed by atoms with E-state index in [9.17, 15) is 4.79 Å². The van der Waals surface area contributed by atoms with Crippen molar-refractivity contribution in [1.82, 2.24) is 29.3 Å². The normalized spacial score (nSPS) is 19.2. The van der Waals surface area contributed by atoms with Crippen LogP contribution in [-0.4, -0.2) is 93.2 Å². The van der Waals surface area contributed by atoms with Gasteiger partial charge in [-0.15, -0.1) is 0 Å². The predicted octanol–water partition coefficient (Wildman–Crippen LogP) is 6.11. The Morgan fingerprint density at radius 2 is 1.82 bits per heavy atom. The molecule has 268 valence electrons. The maximum atomic E-state index is 13.0. The second-order valence-electron chi connectivity index (χ2n) is 13.4. The van der Waals surface area contributed by atoms with Gasteiger partial charge < -0.3 is 24.0 Å². The number of imidazole rings is 1. The van der Waals surface area contributed by atoms with Gasteiger partial charge >= 0.3 is 6.01 Å². The number of carbonyl (C=O) groups excluding carboxylic acids is 1. The molecule has 11 nitrogen and oxygen atoms in total. The molecule has 2 aromatic heterocycles. The highest BCUT2D eigenvalue weighted by Crippen LogP contribution is 2.38. The molecule has 0 aliphatic carbocycles. The summed E-state index contributed by atoms with van der Waals surface area (Å²) in [6.45, 7) is 12.7. The molecule has 4 aromatic rings. The number of hydrogen-bond donors (Lipinski definition) is 0. The molecule has 51 heavy (non-hydrogen) atoms. The minimum atomic E-state index is 0.000313. The van der Waals surface area contributed by atoms with E-state index in [4.69, 9.17) is 31.6 Å². The van der Waals surface area contributed by atoms with Crippen molar-refractivity contribution in [3.05, 3.63) is 77.0 Å². The van der Waals surface area contributed by atoms with E-state index in [0.29, 0.717) is 45.3 Å². The first-order valence-corrected chi connectivity index (χ1v) is 18.4. The van der Waals surface area contributed by atoms with Crippen LogP contribution in [0.15, 0.2) is 55.0 Å². The van der Waals surface area contributed by atoms with Crippen molar-refractivity contribution in [3.8, 4) is 12.1 Å². The van der Waals surface area contributed by atoms with E-state index in [1.807, 2.05) is 34.8 Å². The van der Waals surface area contributed by atoms with Crippen molar-refractivity contribution in [2.75, 3.05) is 62.2 Å². The molecular formula is C39H48ClN9O2. The van der Waals surface area contributed by atoms with Crippen molar-refractivity contribution >= 4 is 45.9 Å². The summed E-state index contributed by atoms with van der Waals surface area (Å²) in [5.41, 5.74) is 4.06. The summed E-state index contributed by atoms with van der Waals surface area (Å²) >= 11 is 6.75. The fraction of sp³-hybridized carbons (Fsp3) is 0.462. The molecule has 0 spiro atoms. The molecule has 0 N–H and O–H groups in total. The van der Waals surface area contributed by atoms with Crippen LogP contribution in [0.5, 0.6) is 6.01 Å². The molecule has 3 aliphatic heterocycles. The zero-order valence-corrected chi connectivity index (χ0v) is 30.9. The van der Waals surface area contributed by atoms with Crippen molar-refractivity contribution in [1.29, 1.82) is 5.26 Å². The van der Waals surface area contributed by atoms with Gasteiger partial charge in [-0.25, -0.2) is 4.98 Å². The first-order valence-electron chi connectivity index (χ1n) is 18.0. The average molecular weight is 710 g/mol. The maximum Gasteiger partial charge on any atom is 0.318 e. The number of anilines is 2. The van der Waals surface area contributed by atoms with Crippen molar-refractivity contribution < 1.29 is 9.53 Å². The topological polar surface area (TPSA) is 107 Å². The summed E-state index contributed by atoms with van der Waals surface area (Å²) in [5, 5.41) is 10.3. The highest BCUT2D eigenvalue weighted by molar-refractivity contribution is 6.36. The lowest BCUT2D eigenvalue weighted by molar-refractivity contribution is -0.126. The van der Waals surface area contributed by atoms with Crippen molar-refractivity contribution in [2.45, 2.75) is 58.5 Å². The number of amides is 1. The molecule has 1 atom stereocenters. The zero-order chi connectivity index (χ0) is 36.0. The number of likely N-dealkylation sites (N-methyl/N-ethyl adjacent to an activating group) is 1. The van der Waals surface area contributed by atoms with Gasteiger partial charge in [0.25, 0.3) is 0 Å². The smallest absolute Gasteiger partial charge is 0.318 e. The highest BCUT2D eigenvalue weighted by atomic mass is 35.5. The van der Waals surface area contributed by atoms with Gasteiger partial charge in [0.2, 0.25) is 5.91 Å². The van der Waals surface area contributed by atoms with Gasteiger partial charge in [-0.05, 0) is 62.4 Å². The van der Waals surface area contributed by atoms with Crippen LogP contribution in [0.25, 0.3) is 16.8 Å². The standard InChI is InChI=1S/C37H45ClN8O2.C2H3N/c1-4-37(16-8-17-46(37)5-2)25-48-36-40-31-24-45(32-12-7-10-27-9-6-11-30(38)34(27)32)18-15-29(31)35(41-36)44-21-19-43(20-22-44)33(47)14-13-28-23-42(3)26-39-28;1-2-3/h6-7,9-14,23,26H,4-5,8,15-22,24-25H2,1-3H3;1H3/b14-13+;. The van der Waals surface area contributed by atoms with Crippen LogP contribution in [0.4, 0.5) is 11.5 Å². The van der Waals surface area contributed by atoms with E-state index in [1.54, 1.807) is 24.5 Å². The van der Waals surface area contributed by atoms with Crippen LogP contribution in [0.1, 0.15) is 57.0 Å². The summed E-state index contributed by atoms with van der Waals surface area (Å²) in [6, 6.07) is 14.6. The SMILES string of the molecule is CC#N.CCN1CCCC1(CC)COc1nc2c(c(N3CCN(C(=O)/C=C/c4cn(C)cn4)CC3)n1)CCN(c1cccc3cccc(Cl)c13)C2. The molecule has 5 heterocycles. The summed E-state index contributed by atoms with van der Waals surface area (Å²) in [5.74, 6) is 0.936. The lowest BCUT2D eigenvalue weighted by Gasteiger charge is -2.39. The monoisotopic (exact) mass is 709 g/mol. The van der Waals surface area contributed by atoms with E-state index >= 15 is 0 Å². The number of rotatable bonds is 9. The van der Waals surface area contributed by atoms with Gasteiger partial charge in [-0.3, -0.25) is 9.69 Å². The summed E-state index contributed by atoms with van der Waals surface area (Å²) in [4.78, 5) is 36.7. The van der Waals surface area contributed by atoms with Gasteiger partial charge in [0.1, 0.15) is 12.4 Å². The number of nitrogens with zero attached hydrogens (tertiary/aromatic N) is 9. The predicted molar refractivity (Wildman–Crippen MR) is 203 cm³/mol. The molecule has 0 bridgehead atoms. The van der Waals surface area contributed by atoms with Crippen LogP contribution in [0.2, 0.25) is 5.02 Å². The fourth-order valence-corrected chi connectivity index (χ4v) is 8.01. The quantitative estimate of drug-likeness (QED) is 0.190. The molecule has 2 aromatic carbocycles. The second-order valence-corrected chi connectivity index (χ2v) is 13.8. The second kappa shape index (κ2) is 16.1. The molecule has 2 fully saturated rings. The zero-order valence-electron chi connectivity index (χ0n) is 30.2. The van der Waals surface area contributed by atoms with Crippen molar-refractivity contribution in [3.63, 3.8) is 0 Å². The molecular weight excluding hydrogens is 662 g/mol. The van der Waals surface area contributed by atoms with Gasteiger partial charge in [-0.1, -0.05) is 49.7 Å². The molecule has 1 unspecified atom stereocenters. The Morgan fingerprint density at radius 1 is 1.06 bits per heavy atom. The third kappa shape index (κ3) is 7.82. The minimum absolute atomic E-state index is 0.000313. The van der Waals surface area contributed by atoms with E-state index in [-0.39, 0.29) is 11.4 Å². The first-order chi connectivity index (χ1) is 24.8. The van der Waals surface area contributed by atoms with E-state index < -0.39 is 0 Å². The lowest BCUT2D eigenvalue weighted by Crippen LogP contribution is -2.49. The summed E-state index contributed by atoms with van der Waals surface area (Å²) < 4.78 is 8.44. The Hall–Kier alpha value is -4.66. The van der Waals surface area contributed by atoms with Gasteiger partial charge in [-0.2, -0.15) is 15.2 Å². The van der Waals surface area contributed by atoms with E-state index in [2.05, 4.69) is 57.8 Å². The van der Waals surface area contributed by atoms with Crippen LogP contribution in [0, 0.1) is 11.3 Å². The first kappa shape index (κ1) is 36.1. The third-order valence-corrected chi connectivity index (χ3v) is 10.8. The van der Waals surface area contributed by atoms with Gasteiger partial charge in [0.05, 0.1) is 40.9 Å². The summed E-state index contributed by atoms with van der Waals surface area (Å²) in [6.07, 6.45) is 11.2. The van der Waals surface area contributed by atoms with Gasteiger partial charge in [0, 0.05) is 75.6 Å². The van der Waals surface area contributed by atoms with Crippen LogP contribution in [0.3, 0.4) is 0 Å². The number of aromatic nitrogens is 4. The Balaban J connectivity index is 0.00000144. The molecule has 2 saturated heterocycles. The molecule has 0 radical (unpaired) electrons. The Bertz CT molecular complexity index is 1910. The van der Waals surface area contributed by atoms with Crippen LogP contribution >= 0.6 is 11.6 Å². The lowest BCUT2D eigenvalue weighted by atomic mass is 9.94. The number of halogens is 1. The number of likely N-dealkylation sites (tertiary alicyclic amines) is 1. The number of piperazine rings is 1. The Kier molecular flexibility index (Phi) is 11.4. The van der Waals surface area contributed by atoms with Crippen LogP contribution < -0.4 is 14.5 Å². The fourth-order valence-electron chi connectivity index (χ4n) is 7.73. The van der Waals surface area contributed by atoms with E-state index in [1.165, 1.54) is 18.9 Å². The average Bonchev–Trinajstić information content (AvgIpc) is 3.78. The number of ether oxygens (including phenoxy) is 1. The van der Waals surface area contributed by atoms with Gasteiger partial charge in [0.15, 0.2) is 0 Å². The number of hydrogen-bond acceptors (Lipinski definition) is 9. The molecule has 7 rings (SSSR count).